The molecule has 0 bridgehead atoms. The van der Waals surface area contributed by atoms with Crippen LogP contribution >= 0.6 is 11.8 Å². The predicted octanol–water partition coefficient (Wildman–Crippen LogP) is 2.77. The van der Waals surface area contributed by atoms with E-state index in [-0.39, 0.29) is 11.5 Å². The average Bonchev–Trinajstić information content (AvgIpc) is 2.25. The van der Waals surface area contributed by atoms with Crippen LogP contribution in [0.5, 0.6) is 5.75 Å². The lowest BCUT2D eigenvalue weighted by molar-refractivity contribution is 0.0985. The number of ketones is 1. The van der Waals surface area contributed by atoms with Crippen molar-refractivity contribution >= 4 is 17.5 Å². The van der Waals surface area contributed by atoms with E-state index in [1.807, 2.05) is 6.26 Å². The maximum atomic E-state index is 13.3. The highest BCUT2D eigenvalue weighted by molar-refractivity contribution is 7.98. The quantitative estimate of drug-likeness (QED) is 0.725. The number of methoxy groups -OCH3 is 1. The molecular formula is C11H13FO2S. The minimum Gasteiger partial charge on any atom is -0.493 e. The van der Waals surface area contributed by atoms with Gasteiger partial charge in [0, 0.05) is 12.2 Å². The van der Waals surface area contributed by atoms with Crippen LogP contribution in [0.2, 0.25) is 0 Å². The van der Waals surface area contributed by atoms with Gasteiger partial charge in [0.1, 0.15) is 0 Å². The van der Waals surface area contributed by atoms with Crippen LogP contribution < -0.4 is 4.74 Å². The van der Waals surface area contributed by atoms with Crippen molar-refractivity contribution in [2.24, 2.45) is 0 Å². The summed E-state index contributed by atoms with van der Waals surface area (Å²) in [5, 5.41) is 0. The summed E-state index contributed by atoms with van der Waals surface area (Å²) in [5.41, 5.74) is 0.326. The molecular weight excluding hydrogens is 215 g/mol. The van der Waals surface area contributed by atoms with Crippen LogP contribution in [0.4, 0.5) is 4.39 Å². The Morgan fingerprint density at radius 2 is 2.27 bits per heavy atom. The smallest absolute Gasteiger partial charge is 0.167 e. The van der Waals surface area contributed by atoms with Crippen molar-refractivity contribution in [3.8, 4) is 5.75 Å². The van der Waals surface area contributed by atoms with Crippen LogP contribution in [0, 0.1) is 5.82 Å². The summed E-state index contributed by atoms with van der Waals surface area (Å²) in [6.07, 6.45) is 2.33. The largest absolute Gasteiger partial charge is 0.493 e. The third-order valence-electron chi connectivity index (χ3n) is 2.00. The molecule has 0 amide bonds. The molecule has 1 aromatic rings. The Hall–Kier alpha value is -1.03. The first-order valence-electron chi connectivity index (χ1n) is 4.55. The number of ether oxygens (including phenoxy) is 1. The van der Waals surface area contributed by atoms with Crippen molar-refractivity contribution in [3.05, 3.63) is 29.6 Å². The van der Waals surface area contributed by atoms with Gasteiger partial charge < -0.3 is 4.74 Å². The van der Waals surface area contributed by atoms with E-state index in [1.165, 1.54) is 19.2 Å². The standard InChI is InChI=1S/C11H13FO2S/c1-14-11-8(4-3-5-9(11)12)10(13)6-7-15-2/h3-5H,6-7H2,1-2H3. The van der Waals surface area contributed by atoms with E-state index in [0.717, 1.165) is 5.75 Å². The van der Waals surface area contributed by atoms with E-state index >= 15 is 0 Å². The van der Waals surface area contributed by atoms with E-state index in [2.05, 4.69) is 0 Å². The average molecular weight is 228 g/mol. The first-order chi connectivity index (χ1) is 7.20. The molecule has 15 heavy (non-hydrogen) atoms. The fourth-order valence-electron chi connectivity index (χ4n) is 1.27. The van der Waals surface area contributed by atoms with Crippen LogP contribution in [0.25, 0.3) is 0 Å². The Labute approximate surface area is 92.8 Å². The van der Waals surface area contributed by atoms with Gasteiger partial charge >= 0.3 is 0 Å². The lowest BCUT2D eigenvalue weighted by Crippen LogP contribution is -2.04. The molecule has 0 aromatic heterocycles. The first kappa shape index (κ1) is 12.0. The van der Waals surface area contributed by atoms with Crippen LogP contribution in [-0.4, -0.2) is 24.9 Å². The number of Topliss-reactive ketones (excluding diaryl/α,β-unsaturated/α-hetero) is 1. The maximum Gasteiger partial charge on any atom is 0.167 e. The SMILES string of the molecule is COc1c(F)cccc1C(=O)CCSC. The second-order valence-corrected chi connectivity index (χ2v) is 3.97. The fourth-order valence-corrected chi connectivity index (χ4v) is 1.65. The molecule has 0 aliphatic rings. The molecule has 0 radical (unpaired) electrons. The molecule has 0 fully saturated rings. The summed E-state index contributed by atoms with van der Waals surface area (Å²) in [6, 6.07) is 4.39. The molecule has 1 aromatic carbocycles. The topological polar surface area (TPSA) is 26.3 Å². The van der Waals surface area contributed by atoms with E-state index < -0.39 is 5.82 Å². The van der Waals surface area contributed by atoms with Gasteiger partial charge in [-0.25, -0.2) is 4.39 Å². The van der Waals surface area contributed by atoms with Gasteiger partial charge in [0.05, 0.1) is 12.7 Å². The number of rotatable bonds is 5. The number of halogens is 1. The summed E-state index contributed by atoms with van der Waals surface area (Å²) in [4.78, 5) is 11.7. The second-order valence-electron chi connectivity index (χ2n) is 2.99. The minimum absolute atomic E-state index is 0.0450. The second kappa shape index (κ2) is 5.75. The summed E-state index contributed by atoms with van der Waals surface area (Å²) in [7, 11) is 1.36. The van der Waals surface area contributed by atoms with Crippen molar-refractivity contribution in [1.82, 2.24) is 0 Å². The minimum atomic E-state index is -0.493. The van der Waals surface area contributed by atoms with Gasteiger partial charge in [-0.05, 0) is 18.4 Å². The van der Waals surface area contributed by atoms with Gasteiger partial charge in [0.15, 0.2) is 17.3 Å². The molecule has 0 unspecified atom stereocenters. The lowest BCUT2D eigenvalue weighted by atomic mass is 10.1. The summed E-state index contributed by atoms with van der Waals surface area (Å²) in [6.45, 7) is 0. The molecule has 4 heteroatoms. The maximum absolute atomic E-state index is 13.3. The molecule has 0 saturated heterocycles. The molecule has 1 rings (SSSR count). The van der Waals surface area contributed by atoms with E-state index in [4.69, 9.17) is 4.74 Å². The highest BCUT2D eigenvalue weighted by Crippen LogP contribution is 2.23. The third-order valence-corrected chi connectivity index (χ3v) is 2.62. The molecule has 82 valence electrons. The Balaban J connectivity index is 2.92. The monoisotopic (exact) mass is 228 g/mol. The van der Waals surface area contributed by atoms with Crippen LogP contribution in [0.15, 0.2) is 18.2 Å². The number of carbonyl (C=O) groups is 1. The Morgan fingerprint density at radius 1 is 1.53 bits per heavy atom. The normalized spacial score (nSPS) is 10.1. The molecule has 2 nitrogen and oxygen atoms in total. The molecule has 0 atom stereocenters. The Kier molecular flexibility index (Phi) is 4.62. The van der Waals surface area contributed by atoms with Crippen molar-refractivity contribution in [1.29, 1.82) is 0 Å². The van der Waals surface area contributed by atoms with Crippen LogP contribution in [0.1, 0.15) is 16.8 Å². The van der Waals surface area contributed by atoms with Crippen LogP contribution in [0.3, 0.4) is 0 Å². The number of hydrogen-bond donors (Lipinski definition) is 0. The van der Waals surface area contributed by atoms with Gasteiger partial charge in [0.25, 0.3) is 0 Å². The number of para-hydroxylation sites is 1. The molecule has 0 N–H and O–H groups in total. The number of thioether (sulfide) groups is 1. The van der Waals surface area contributed by atoms with Gasteiger partial charge in [-0.3, -0.25) is 4.79 Å². The number of benzene rings is 1. The van der Waals surface area contributed by atoms with Crippen molar-refractivity contribution in [2.75, 3.05) is 19.1 Å². The zero-order chi connectivity index (χ0) is 11.3. The van der Waals surface area contributed by atoms with Gasteiger partial charge in [0.2, 0.25) is 0 Å². The molecule has 0 spiro atoms. The van der Waals surface area contributed by atoms with E-state index in [1.54, 1.807) is 17.8 Å². The third kappa shape index (κ3) is 2.96. The molecule has 0 aliphatic heterocycles. The van der Waals surface area contributed by atoms with Gasteiger partial charge in [-0.2, -0.15) is 11.8 Å². The highest BCUT2D eigenvalue weighted by Gasteiger charge is 2.14. The van der Waals surface area contributed by atoms with Crippen molar-refractivity contribution in [2.45, 2.75) is 6.42 Å². The summed E-state index contributed by atoms with van der Waals surface area (Å²) >= 11 is 1.59. The highest BCUT2D eigenvalue weighted by atomic mass is 32.2. The zero-order valence-electron chi connectivity index (χ0n) is 8.75. The molecule has 0 aliphatic carbocycles. The number of hydrogen-bond acceptors (Lipinski definition) is 3. The Morgan fingerprint density at radius 3 is 2.87 bits per heavy atom. The summed E-state index contributed by atoms with van der Waals surface area (Å²) < 4.78 is 18.1. The van der Waals surface area contributed by atoms with Crippen LogP contribution in [-0.2, 0) is 0 Å². The Bertz CT molecular complexity index is 352. The van der Waals surface area contributed by atoms with Gasteiger partial charge in [-0.15, -0.1) is 0 Å². The van der Waals surface area contributed by atoms with E-state index in [0.29, 0.717) is 12.0 Å². The zero-order valence-corrected chi connectivity index (χ0v) is 9.57. The number of carbonyl (C=O) groups excluding carboxylic acids is 1. The lowest BCUT2D eigenvalue weighted by Gasteiger charge is -2.07. The van der Waals surface area contributed by atoms with Gasteiger partial charge in [-0.1, -0.05) is 6.07 Å². The fraction of sp³-hybridized carbons (Fsp3) is 0.364. The van der Waals surface area contributed by atoms with E-state index in [9.17, 15) is 9.18 Å². The van der Waals surface area contributed by atoms with Crippen molar-refractivity contribution < 1.29 is 13.9 Å². The first-order valence-corrected chi connectivity index (χ1v) is 5.94. The predicted molar refractivity (Wildman–Crippen MR) is 60.3 cm³/mol. The summed E-state index contributed by atoms with van der Waals surface area (Å²) in [5.74, 6) is 0.204. The molecule has 0 heterocycles. The molecule has 0 saturated carbocycles. The van der Waals surface area contributed by atoms with Crippen molar-refractivity contribution in [3.63, 3.8) is 0 Å².